The first-order valence-electron chi connectivity index (χ1n) is 4.32. The number of unbranched alkanes of at least 4 members (excludes halogenated alkanes) is 1. The third-order valence-electron chi connectivity index (χ3n) is 1.42. The Kier molecular flexibility index (Phi) is 8.50. The van der Waals surface area contributed by atoms with Gasteiger partial charge in [-0.1, -0.05) is 0 Å². The zero-order valence-corrected chi connectivity index (χ0v) is 9.73. The molecule has 0 aromatic heterocycles. The van der Waals surface area contributed by atoms with E-state index in [1.807, 2.05) is 0 Å². The van der Waals surface area contributed by atoms with Crippen molar-refractivity contribution in [3.8, 4) is 0 Å². The Morgan fingerprint density at radius 3 is 2.50 bits per heavy atom. The number of ether oxygens (including phenoxy) is 2. The minimum absolute atomic E-state index is 0.347. The van der Waals surface area contributed by atoms with Crippen LogP contribution in [0.1, 0.15) is 12.8 Å². The second-order valence-electron chi connectivity index (χ2n) is 2.64. The Balaban J connectivity index is 3.07. The van der Waals surface area contributed by atoms with E-state index in [-0.39, 0.29) is 0 Å². The molecule has 0 amide bonds. The number of nitrogens with one attached hydrogen (secondary N) is 1. The number of hydrogen-bond acceptors (Lipinski definition) is 4. The lowest BCUT2D eigenvalue weighted by molar-refractivity contribution is 0.0689. The monoisotopic (exact) mass is 245 g/mol. The molecule has 0 spiro atoms. The highest BCUT2D eigenvalue weighted by molar-refractivity contribution is 8.12. The molecule has 0 radical (unpaired) electrons. The summed E-state index contributed by atoms with van der Waals surface area (Å²) in [6.07, 6.45) is 1.50. The lowest BCUT2D eigenvalue weighted by Gasteiger charge is -2.03. The minimum atomic E-state index is -3.56. The minimum Gasteiger partial charge on any atom is -0.382 e. The first-order valence-corrected chi connectivity index (χ1v) is 6.63. The van der Waals surface area contributed by atoms with Gasteiger partial charge in [-0.25, -0.2) is 4.72 Å². The summed E-state index contributed by atoms with van der Waals surface area (Å²) in [7, 11) is 2.97. The summed E-state index contributed by atoms with van der Waals surface area (Å²) in [6, 6.07) is 0. The molecule has 0 aliphatic heterocycles. The average molecular weight is 246 g/mol. The molecule has 86 valence electrons. The van der Waals surface area contributed by atoms with Gasteiger partial charge in [0.1, 0.15) is 0 Å². The van der Waals surface area contributed by atoms with E-state index in [0.29, 0.717) is 32.8 Å². The largest absolute Gasteiger partial charge is 0.382 e. The van der Waals surface area contributed by atoms with Gasteiger partial charge in [0.15, 0.2) is 0 Å². The van der Waals surface area contributed by atoms with Gasteiger partial charge in [0.2, 0.25) is 0 Å². The number of hydrogen-bond donors (Lipinski definition) is 1. The zero-order valence-electron chi connectivity index (χ0n) is 8.16. The Morgan fingerprint density at radius 2 is 1.93 bits per heavy atom. The second kappa shape index (κ2) is 8.43. The van der Waals surface area contributed by atoms with Crippen molar-refractivity contribution in [1.29, 1.82) is 0 Å². The first-order chi connectivity index (χ1) is 6.56. The third-order valence-corrected chi connectivity index (χ3v) is 2.30. The van der Waals surface area contributed by atoms with Gasteiger partial charge in [-0.15, -0.1) is 0 Å². The predicted molar refractivity (Wildman–Crippen MR) is 54.7 cm³/mol. The summed E-state index contributed by atoms with van der Waals surface area (Å²) in [5.41, 5.74) is 0. The van der Waals surface area contributed by atoms with E-state index in [4.69, 9.17) is 20.2 Å². The van der Waals surface area contributed by atoms with Gasteiger partial charge in [-0.3, -0.25) is 0 Å². The molecule has 14 heavy (non-hydrogen) atoms. The Morgan fingerprint density at radius 1 is 1.21 bits per heavy atom. The SMILES string of the molecule is COCCOCCCCNS(=O)(=O)Cl. The zero-order chi connectivity index (χ0) is 10.9. The molecule has 5 nitrogen and oxygen atoms in total. The van der Waals surface area contributed by atoms with Crippen molar-refractivity contribution in [3.05, 3.63) is 0 Å². The summed E-state index contributed by atoms with van der Waals surface area (Å²) in [6.45, 7) is 2.10. The van der Waals surface area contributed by atoms with Crippen LogP contribution < -0.4 is 4.72 Å². The standard InChI is InChI=1S/C7H16ClNO4S/c1-12-6-7-13-5-3-2-4-9-14(8,10)11/h9H,2-7H2,1H3. The van der Waals surface area contributed by atoms with Crippen molar-refractivity contribution in [1.82, 2.24) is 4.72 Å². The molecule has 0 rings (SSSR count). The van der Waals surface area contributed by atoms with Gasteiger partial charge < -0.3 is 9.47 Å². The maximum absolute atomic E-state index is 10.4. The second-order valence-corrected chi connectivity index (χ2v) is 5.03. The Labute approximate surface area is 89.3 Å². The summed E-state index contributed by atoms with van der Waals surface area (Å²) in [5, 5.41) is 0. The fourth-order valence-corrected chi connectivity index (χ4v) is 1.39. The van der Waals surface area contributed by atoms with E-state index in [2.05, 4.69) is 4.72 Å². The molecular weight excluding hydrogens is 230 g/mol. The highest BCUT2D eigenvalue weighted by Gasteiger charge is 2.01. The Hall–Kier alpha value is 0.120. The van der Waals surface area contributed by atoms with Gasteiger partial charge in [0.05, 0.1) is 13.2 Å². The van der Waals surface area contributed by atoms with Crippen molar-refractivity contribution in [3.63, 3.8) is 0 Å². The van der Waals surface area contributed by atoms with Crippen LogP contribution in [0.4, 0.5) is 0 Å². The normalized spacial score (nSPS) is 11.9. The topological polar surface area (TPSA) is 64.6 Å². The van der Waals surface area contributed by atoms with Crippen LogP contribution in [0, 0.1) is 0 Å². The molecule has 0 aromatic rings. The summed E-state index contributed by atoms with van der Waals surface area (Å²) < 4.78 is 33.0. The van der Waals surface area contributed by atoms with Crippen LogP contribution in [0.25, 0.3) is 0 Å². The number of rotatable bonds is 9. The van der Waals surface area contributed by atoms with Crippen LogP contribution in [0.15, 0.2) is 0 Å². The highest BCUT2D eigenvalue weighted by Crippen LogP contribution is 1.93. The fourth-order valence-electron chi connectivity index (χ4n) is 0.768. The quantitative estimate of drug-likeness (QED) is 0.475. The van der Waals surface area contributed by atoms with Crippen molar-refractivity contribution < 1.29 is 17.9 Å². The van der Waals surface area contributed by atoms with Crippen LogP contribution in [0.2, 0.25) is 0 Å². The van der Waals surface area contributed by atoms with Crippen LogP contribution in [0.5, 0.6) is 0 Å². The van der Waals surface area contributed by atoms with Gasteiger partial charge in [-0.05, 0) is 12.8 Å². The number of halogens is 1. The van der Waals surface area contributed by atoms with Gasteiger partial charge >= 0.3 is 0 Å². The number of methoxy groups -OCH3 is 1. The van der Waals surface area contributed by atoms with Crippen molar-refractivity contribution in [2.24, 2.45) is 0 Å². The maximum Gasteiger partial charge on any atom is 0.297 e. The summed E-state index contributed by atoms with van der Waals surface area (Å²) >= 11 is 0. The molecule has 0 atom stereocenters. The molecule has 1 N–H and O–H groups in total. The van der Waals surface area contributed by atoms with Crippen LogP contribution in [-0.4, -0.2) is 41.9 Å². The van der Waals surface area contributed by atoms with E-state index >= 15 is 0 Å². The van der Waals surface area contributed by atoms with Gasteiger partial charge in [0, 0.05) is 30.9 Å². The summed E-state index contributed by atoms with van der Waals surface area (Å²) in [5.74, 6) is 0. The van der Waals surface area contributed by atoms with E-state index in [9.17, 15) is 8.42 Å². The van der Waals surface area contributed by atoms with Crippen LogP contribution in [0.3, 0.4) is 0 Å². The van der Waals surface area contributed by atoms with Gasteiger partial charge in [0.25, 0.3) is 9.24 Å². The smallest absolute Gasteiger partial charge is 0.297 e. The molecule has 0 aromatic carbocycles. The molecule has 0 heterocycles. The van der Waals surface area contributed by atoms with Gasteiger partial charge in [-0.2, -0.15) is 8.42 Å². The molecule has 0 unspecified atom stereocenters. The van der Waals surface area contributed by atoms with Crippen LogP contribution in [-0.2, 0) is 18.7 Å². The molecule has 0 aliphatic carbocycles. The third kappa shape index (κ3) is 12.1. The molecule has 0 aliphatic rings. The highest BCUT2D eigenvalue weighted by atomic mass is 35.7. The molecule has 0 saturated carbocycles. The molecule has 7 heteroatoms. The Bertz CT molecular complexity index is 220. The average Bonchev–Trinajstić information content (AvgIpc) is 2.08. The molecule has 0 saturated heterocycles. The van der Waals surface area contributed by atoms with E-state index in [0.717, 1.165) is 6.42 Å². The molecular formula is C7H16ClNO4S. The predicted octanol–water partition coefficient (Wildman–Crippen LogP) is 0.503. The maximum atomic E-state index is 10.4. The lowest BCUT2D eigenvalue weighted by atomic mass is 10.3. The van der Waals surface area contributed by atoms with E-state index in [1.54, 1.807) is 7.11 Å². The van der Waals surface area contributed by atoms with Crippen molar-refractivity contribution >= 4 is 19.9 Å². The first kappa shape index (κ1) is 14.1. The van der Waals surface area contributed by atoms with Crippen LogP contribution >= 0.6 is 10.7 Å². The van der Waals surface area contributed by atoms with Crippen molar-refractivity contribution in [2.75, 3.05) is 33.5 Å². The van der Waals surface area contributed by atoms with E-state index < -0.39 is 9.24 Å². The van der Waals surface area contributed by atoms with E-state index in [1.165, 1.54) is 0 Å². The molecule has 0 fully saturated rings. The summed E-state index contributed by atoms with van der Waals surface area (Å²) in [4.78, 5) is 0. The molecule has 0 bridgehead atoms. The lowest BCUT2D eigenvalue weighted by Crippen LogP contribution is -2.19. The fraction of sp³-hybridized carbons (Fsp3) is 1.00. The van der Waals surface area contributed by atoms with Crippen molar-refractivity contribution in [2.45, 2.75) is 12.8 Å².